The molecule has 2 fully saturated rings. The molecular weight excluding hydrogens is 348 g/mol. The van der Waals surface area contributed by atoms with Crippen molar-refractivity contribution in [2.24, 2.45) is 11.3 Å². The Morgan fingerprint density at radius 2 is 1.96 bits per heavy atom. The number of carbonyl (C=O) groups is 2. The van der Waals surface area contributed by atoms with Crippen LogP contribution in [-0.4, -0.2) is 50.5 Å². The van der Waals surface area contributed by atoms with E-state index in [0.29, 0.717) is 23.1 Å². The number of ketones is 1. The van der Waals surface area contributed by atoms with E-state index in [1.165, 1.54) is 6.92 Å². The predicted octanol–water partition coefficient (Wildman–Crippen LogP) is 1.82. The van der Waals surface area contributed by atoms with Crippen LogP contribution in [0.3, 0.4) is 0 Å². The number of aliphatic hydroxyl groups is 3. The summed E-state index contributed by atoms with van der Waals surface area (Å²) in [5.41, 5.74) is -2.52. The van der Waals surface area contributed by atoms with Crippen LogP contribution in [0.4, 0.5) is 0 Å². The largest absolute Gasteiger partial charge is 0.453 e. The molecule has 3 N–H and O–H groups in total. The van der Waals surface area contributed by atoms with Gasteiger partial charge in [0.15, 0.2) is 11.4 Å². The summed E-state index contributed by atoms with van der Waals surface area (Å²) < 4.78 is 5.58. The van der Waals surface area contributed by atoms with Gasteiger partial charge in [0.2, 0.25) is 0 Å². The minimum absolute atomic E-state index is 0.0212. The normalized spacial score (nSPS) is 42.1. The van der Waals surface area contributed by atoms with E-state index >= 15 is 0 Å². The quantitative estimate of drug-likeness (QED) is 0.500. The van der Waals surface area contributed by atoms with Crippen molar-refractivity contribution in [3.63, 3.8) is 0 Å². The third kappa shape index (κ3) is 2.72. The third-order valence-electron chi connectivity index (χ3n) is 6.71. The Kier molecular flexibility index (Phi) is 4.69. The Labute approximate surface area is 159 Å². The van der Waals surface area contributed by atoms with Crippen LogP contribution >= 0.6 is 0 Å². The summed E-state index contributed by atoms with van der Waals surface area (Å²) in [5.74, 6) is -0.732. The Bertz CT molecular complexity index is 737. The first-order valence-corrected chi connectivity index (χ1v) is 9.62. The fourth-order valence-corrected chi connectivity index (χ4v) is 5.70. The minimum atomic E-state index is -1.72. The lowest BCUT2D eigenvalue weighted by molar-refractivity contribution is -0.234. The molecule has 0 spiro atoms. The molecule has 3 aliphatic rings. The van der Waals surface area contributed by atoms with Gasteiger partial charge in [0.05, 0.1) is 12.2 Å². The number of hydrogen-bond acceptors (Lipinski definition) is 6. The Hall–Kier alpha value is -1.50. The van der Waals surface area contributed by atoms with Crippen molar-refractivity contribution in [1.29, 1.82) is 0 Å². The average molecular weight is 378 g/mol. The SMILES string of the molecule is C=C1CCC(O)C2(OC(C)=O)CC(O)C3=C(C(C)C)C(=O)CC3(C)CC12O. The monoisotopic (exact) mass is 378 g/mol. The standard InChI is InChI=1S/C21H30O6/c1-11(2)17-14(23)8-19(5)10-20(26)12(3)6-7-16(25)21(20,27-13(4)22)9-15(24)18(17)19/h11,15-16,24-26H,3,6-10H2,1-2,4-5H3. The van der Waals surface area contributed by atoms with Gasteiger partial charge in [-0.25, -0.2) is 0 Å². The topological polar surface area (TPSA) is 104 Å². The molecule has 0 heterocycles. The summed E-state index contributed by atoms with van der Waals surface area (Å²) >= 11 is 0. The molecule has 5 unspecified atom stereocenters. The average Bonchev–Trinajstić information content (AvgIpc) is 2.75. The van der Waals surface area contributed by atoms with Crippen molar-refractivity contribution in [3.8, 4) is 0 Å². The number of ether oxygens (including phenoxy) is 1. The zero-order valence-electron chi connectivity index (χ0n) is 16.5. The van der Waals surface area contributed by atoms with E-state index in [9.17, 15) is 24.9 Å². The van der Waals surface area contributed by atoms with Gasteiger partial charge in [0.25, 0.3) is 0 Å². The summed E-state index contributed by atoms with van der Waals surface area (Å²) in [6, 6.07) is 0. The molecule has 0 aromatic heterocycles. The first kappa shape index (κ1) is 20.2. The van der Waals surface area contributed by atoms with Crippen molar-refractivity contribution in [1.82, 2.24) is 0 Å². The number of Topliss-reactive ketones (excluding diaryl/α,β-unsaturated/α-hetero) is 1. The maximum absolute atomic E-state index is 12.7. The number of aliphatic hydroxyl groups excluding tert-OH is 2. The highest BCUT2D eigenvalue weighted by Crippen LogP contribution is 2.60. The zero-order chi connectivity index (χ0) is 20.4. The number of carbonyl (C=O) groups excluding carboxylic acids is 2. The van der Waals surface area contributed by atoms with E-state index in [1.807, 2.05) is 20.8 Å². The Balaban J connectivity index is 2.26. The molecule has 0 aromatic rings. The number of esters is 1. The van der Waals surface area contributed by atoms with Crippen LogP contribution in [0.15, 0.2) is 23.3 Å². The first-order valence-electron chi connectivity index (χ1n) is 9.62. The molecule has 0 aromatic carbocycles. The van der Waals surface area contributed by atoms with Crippen molar-refractivity contribution < 1.29 is 29.6 Å². The van der Waals surface area contributed by atoms with Gasteiger partial charge in [-0.2, -0.15) is 0 Å². The van der Waals surface area contributed by atoms with Gasteiger partial charge >= 0.3 is 5.97 Å². The second-order valence-electron chi connectivity index (χ2n) is 9.04. The highest BCUT2D eigenvalue weighted by molar-refractivity contribution is 6.00. The number of hydrogen-bond donors (Lipinski definition) is 3. The second-order valence-corrected chi connectivity index (χ2v) is 9.04. The number of fused-ring (bicyclic) bond motifs is 2. The van der Waals surface area contributed by atoms with Crippen LogP contribution in [0.5, 0.6) is 0 Å². The van der Waals surface area contributed by atoms with E-state index in [1.54, 1.807) is 0 Å². The molecule has 0 aliphatic heterocycles. The lowest BCUT2D eigenvalue weighted by Crippen LogP contribution is -2.67. The van der Waals surface area contributed by atoms with Gasteiger partial charge in [-0.15, -0.1) is 0 Å². The third-order valence-corrected chi connectivity index (χ3v) is 6.71. The van der Waals surface area contributed by atoms with Crippen molar-refractivity contribution in [2.75, 3.05) is 0 Å². The summed E-state index contributed by atoms with van der Waals surface area (Å²) in [6.07, 6.45) is -1.49. The lowest BCUT2D eigenvalue weighted by Gasteiger charge is -2.53. The van der Waals surface area contributed by atoms with Crippen LogP contribution in [0, 0.1) is 11.3 Å². The molecule has 3 aliphatic carbocycles. The zero-order valence-corrected chi connectivity index (χ0v) is 16.5. The highest BCUT2D eigenvalue weighted by atomic mass is 16.6. The van der Waals surface area contributed by atoms with Crippen molar-refractivity contribution in [3.05, 3.63) is 23.3 Å². The maximum Gasteiger partial charge on any atom is 0.303 e. The summed E-state index contributed by atoms with van der Waals surface area (Å²) in [5, 5.41) is 33.7. The molecule has 0 saturated heterocycles. The van der Waals surface area contributed by atoms with Crippen LogP contribution < -0.4 is 0 Å². The molecule has 3 rings (SSSR count). The van der Waals surface area contributed by atoms with Gasteiger partial charge < -0.3 is 20.1 Å². The van der Waals surface area contributed by atoms with Crippen molar-refractivity contribution >= 4 is 11.8 Å². The van der Waals surface area contributed by atoms with E-state index in [0.717, 1.165) is 0 Å². The molecular formula is C21H30O6. The molecule has 5 atom stereocenters. The summed E-state index contributed by atoms with van der Waals surface area (Å²) in [7, 11) is 0. The number of rotatable bonds is 2. The Morgan fingerprint density at radius 1 is 1.33 bits per heavy atom. The van der Waals surface area contributed by atoms with E-state index < -0.39 is 34.8 Å². The minimum Gasteiger partial charge on any atom is -0.453 e. The van der Waals surface area contributed by atoms with E-state index in [4.69, 9.17) is 4.74 Å². The van der Waals surface area contributed by atoms with Gasteiger partial charge in [0.1, 0.15) is 5.60 Å². The predicted molar refractivity (Wildman–Crippen MR) is 98.7 cm³/mol. The molecule has 6 nitrogen and oxygen atoms in total. The lowest BCUT2D eigenvalue weighted by atomic mass is 9.61. The number of allylic oxidation sites excluding steroid dienone is 1. The van der Waals surface area contributed by atoms with E-state index in [-0.39, 0.29) is 37.4 Å². The van der Waals surface area contributed by atoms with Crippen LogP contribution in [0.1, 0.15) is 59.8 Å². The summed E-state index contributed by atoms with van der Waals surface area (Å²) in [6.45, 7) is 10.9. The van der Waals surface area contributed by atoms with Gasteiger partial charge in [-0.1, -0.05) is 27.4 Å². The Morgan fingerprint density at radius 3 is 2.52 bits per heavy atom. The van der Waals surface area contributed by atoms with Gasteiger partial charge in [0, 0.05) is 30.8 Å². The van der Waals surface area contributed by atoms with Crippen LogP contribution in [0.25, 0.3) is 0 Å². The smallest absolute Gasteiger partial charge is 0.303 e. The first-order chi connectivity index (χ1) is 12.4. The van der Waals surface area contributed by atoms with E-state index in [2.05, 4.69) is 6.58 Å². The molecule has 0 bridgehead atoms. The highest BCUT2D eigenvalue weighted by Gasteiger charge is 2.67. The summed E-state index contributed by atoms with van der Waals surface area (Å²) in [4.78, 5) is 24.6. The maximum atomic E-state index is 12.7. The molecule has 0 amide bonds. The van der Waals surface area contributed by atoms with Gasteiger partial charge in [-0.05, 0) is 36.3 Å². The fraction of sp³-hybridized carbons (Fsp3) is 0.714. The second kappa shape index (κ2) is 6.26. The molecule has 27 heavy (non-hydrogen) atoms. The fourth-order valence-electron chi connectivity index (χ4n) is 5.70. The molecule has 0 radical (unpaired) electrons. The van der Waals surface area contributed by atoms with Crippen molar-refractivity contribution in [2.45, 2.75) is 83.2 Å². The molecule has 150 valence electrons. The van der Waals surface area contributed by atoms with Crippen LogP contribution in [0.2, 0.25) is 0 Å². The van der Waals surface area contributed by atoms with Gasteiger partial charge in [-0.3, -0.25) is 9.59 Å². The molecule has 2 saturated carbocycles. The van der Waals surface area contributed by atoms with Crippen LogP contribution in [-0.2, 0) is 14.3 Å². The molecule has 6 heteroatoms.